The molecule has 4 aromatic rings. The summed E-state index contributed by atoms with van der Waals surface area (Å²) in [5.74, 6) is 0.865. The Balaban J connectivity index is 1.85. The normalized spacial score (nSPS) is 11.0. The van der Waals surface area contributed by atoms with Crippen LogP contribution < -0.4 is 10.1 Å². The third kappa shape index (κ3) is 4.91. The lowest BCUT2D eigenvalue weighted by Gasteiger charge is -2.13. The Hall–Kier alpha value is -4.20. The fourth-order valence-corrected chi connectivity index (χ4v) is 3.58. The van der Waals surface area contributed by atoms with Gasteiger partial charge in [-0.1, -0.05) is 23.8 Å². The van der Waals surface area contributed by atoms with E-state index in [4.69, 9.17) is 9.84 Å². The number of benzene rings is 2. The molecular weight excluding hydrogens is 430 g/mol. The van der Waals surface area contributed by atoms with Gasteiger partial charge in [0.25, 0.3) is 0 Å². The van der Waals surface area contributed by atoms with Crippen LogP contribution in [0.25, 0.3) is 17.1 Å². The zero-order valence-corrected chi connectivity index (χ0v) is 19.8. The van der Waals surface area contributed by atoms with Crippen molar-refractivity contribution in [2.45, 2.75) is 40.7 Å². The molecule has 4 rings (SSSR count). The standard InChI is InChI=1S/C26H27N5O3/c1-15(2)34-20-8-6-7-19(12-20)23-13-24(29-22-10-9-16(3)11-21(22)26(32)33)31(30-23)25-18(5)27-14-17(4)28-25/h6-15,29H,1-5H3,(H,32,33). The summed E-state index contributed by atoms with van der Waals surface area (Å²) < 4.78 is 7.50. The lowest BCUT2D eigenvalue weighted by atomic mass is 10.1. The molecule has 0 aliphatic heterocycles. The zero-order chi connectivity index (χ0) is 24.4. The fourth-order valence-electron chi connectivity index (χ4n) is 3.58. The number of rotatable bonds is 7. The summed E-state index contributed by atoms with van der Waals surface area (Å²) in [6.45, 7) is 9.53. The molecule has 0 spiro atoms. The molecule has 0 atom stereocenters. The average Bonchev–Trinajstić information content (AvgIpc) is 3.20. The smallest absolute Gasteiger partial charge is 0.337 e. The van der Waals surface area contributed by atoms with E-state index in [0.29, 0.717) is 28.7 Å². The summed E-state index contributed by atoms with van der Waals surface area (Å²) in [7, 11) is 0. The first-order valence-electron chi connectivity index (χ1n) is 11.0. The summed E-state index contributed by atoms with van der Waals surface area (Å²) in [6, 6.07) is 14.8. The van der Waals surface area contributed by atoms with Crippen LogP contribution in [-0.4, -0.2) is 36.9 Å². The van der Waals surface area contributed by atoms with Crippen molar-refractivity contribution >= 4 is 17.5 Å². The van der Waals surface area contributed by atoms with E-state index in [-0.39, 0.29) is 11.7 Å². The van der Waals surface area contributed by atoms with Crippen LogP contribution in [0.2, 0.25) is 0 Å². The number of aryl methyl sites for hydroxylation is 3. The van der Waals surface area contributed by atoms with Crippen LogP contribution >= 0.6 is 0 Å². The number of hydrogen-bond donors (Lipinski definition) is 2. The largest absolute Gasteiger partial charge is 0.491 e. The lowest BCUT2D eigenvalue weighted by Crippen LogP contribution is -2.10. The van der Waals surface area contributed by atoms with Gasteiger partial charge < -0.3 is 15.2 Å². The predicted octanol–water partition coefficient (Wildman–Crippen LogP) is 5.48. The number of nitrogens with one attached hydrogen (secondary N) is 1. The van der Waals surface area contributed by atoms with Crippen LogP contribution in [0.5, 0.6) is 5.75 Å². The number of carboxylic acids is 1. The van der Waals surface area contributed by atoms with Crippen LogP contribution in [0.4, 0.5) is 11.5 Å². The summed E-state index contributed by atoms with van der Waals surface area (Å²) in [5.41, 5.74) is 4.48. The Labute approximate surface area is 198 Å². The number of carbonyl (C=O) groups is 1. The maximum Gasteiger partial charge on any atom is 0.337 e. The van der Waals surface area contributed by atoms with Crippen molar-refractivity contribution in [3.8, 4) is 22.8 Å². The molecule has 0 radical (unpaired) electrons. The van der Waals surface area contributed by atoms with Gasteiger partial charge in [-0.25, -0.2) is 9.78 Å². The molecule has 2 N–H and O–H groups in total. The fraction of sp³-hybridized carbons (Fsp3) is 0.231. The number of nitrogens with zero attached hydrogens (tertiary/aromatic N) is 4. The Morgan fingerprint density at radius 2 is 1.88 bits per heavy atom. The maximum atomic E-state index is 11.9. The van der Waals surface area contributed by atoms with Crippen molar-refractivity contribution in [3.63, 3.8) is 0 Å². The highest BCUT2D eigenvalue weighted by Gasteiger charge is 2.18. The number of hydrogen-bond acceptors (Lipinski definition) is 6. The second-order valence-corrected chi connectivity index (χ2v) is 8.42. The molecule has 174 valence electrons. The van der Waals surface area contributed by atoms with E-state index in [1.54, 1.807) is 23.0 Å². The Bertz CT molecular complexity index is 1360. The Kier molecular flexibility index (Phi) is 6.32. The highest BCUT2D eigenvalue weighted by molar-refractivity contribution is 5.95. The first kappa shape index (κ1) is 23.0. The maximum absolute atomic E-state index is 11.9. The number of aromatic nitrogens is 4. The van der Waals surface area contributed by atoms with E-state index < -0.39 is 5.97 Å². The van der Waals surface area contributed by atoms with Gasteiger partial charge in [0.2, 0.25) is 0 Å². The number of carboxylic acid groups (broad SMARTS) is 1. The van der Waals surface area contributed by atoms with Crippen molar-refractivity contribution in [3.05, 3.63) is 77.2 Å². The summed E-state index contributed by atoms with van der Waals surface area (Å²) in [4.78, 5) is 20.9. The molecule has 0 bridgehead atoms. The molecule has 0 saturated heterocycles. The molecule has 8 heteroatoms. The molecule has 8 nitrogen and oxygen atoms in total. The van der Waals surface area contributed by atoms with Gasteiger partial charge in [0.15, 0.2) is 5.82 Å². The second kappa shape index (κ2) is 9.35. The minimum Gasteiger partial charge on any atom is -0.491 e. The van der Waals surface area contributed by atoms with Crippen LogP contribution in [0, 0.1) is 20.8 Å². The molecule has 0 unspecified atom stereocenters. The van der Waals surface area contributed by atoms with Crippen molar-refractivity contribution in [1.29, 1.82) is 0 Å². The Morgan fingerprint density at radius 3 is 2.62 bits per heavy atom. The Morgan fingerprint density at radius 1 is 1.09 bits per heavy atom. The molecule has 0 fully saturated rings. The topological polar surface area (TPSA) is 102 Å². The van der Waals surface area contributed by atoms with Gasteiger partial charge in [0.05, 0.1) is 34.4 Å². The predicted molar refractivity (Wildman–Crippen MR) is 131 cm³/mol. The molecule has 2 heterocycles. The summed E-state index contributed by atoms with van der Waals surface area (Å²) >= 11 is 0. The zero-order valence-electron chi connectivity index (χ0n) is 19.8. The van der Waals surface area contributed by atoms with Gasteiger partial charge in [0.1, 0.15) is 11.6 Å². The third-order valence-electron chi connectivity index (χ3n) is 5.13. The van der Waals surface area contributed by atoms with Crippen molar-refractivity contribution < 1.29 is 14.6 Å². The van der Waals surface area contributed by atoms with Gasteiger partial charge >= 0.3 is 5.97 Å². The molecule has 0 aliphatic carbocycles. The summed E-state index contributed by atoms with van der Waals surface area (Å²) in [5, 5.41) is 17.8. The number of aromatic carboxylic acids is 1. The van der Waals surface area contributed by atoms with E-state index >= 15 is 0 Å². The molecule has 0 amide bonds. The minimum atomic E-state index is -1.01. The molecular formula is C26H27N5O3. The van der Waals surface area contributed by atoms with Crippen molar-refractivity contribution in [2.24, 2.45) is 0 Å². The van der Waals surface area contributed by atoms with Gasteiger partial charge in [-0.3, -0.25) is 4.98 Å². The quantitative estimate of drug-likeness (QED) is 0.379. The number of ether oxygens (including phenoxy) is 1. The van der Waals surface area contributed by atoms with E-state index in [1.807, 2.05) is 71.0 Å². The van der Waals surface area contributed by atoms with E-state index in [2.05, 4.69) is 15.3 Å². The van der Waals surface area contributed by atoms with Gasteiger partial charge in [-0.15, -0.1) is 0 Å². The molecule has 2 aromatic heterocycles. The van der Waals surface area contributed by atoms with Crippen LogP contribution in [0.15, 0.2) is 54.7 Å². The monoisotopic (exact) mass is 457 g/mol. The number of anilines is 2. The average molecular weight is 458 g/mol. The highest BCUT2D eigenvalue weighted by atomic mass is 16.5. The van der Waals surface area contributed by atoms with Crippen LogP contribution in [-0.2, 0) is 0 Å². The molecule has 34 heavy (non-hydrogen) atoms. The van der Waals surface area contributed by atoms with Crippen LogP contribution in [0.1, 0.15) is 41.2 Å². The highest BCUT2D eigenvalue weighted by Crippen LogP contribution is 2.30. The minimum absolute atomic E-state index is 0.0474. The molecule has 0 aliphatic rings. The van der Waals surface area contributed by atoms with Crippen LogP contribution in [0.3, 0.4) is 0 Å². The van der Waals surface area contributed by atoms with E-state index in [9.17, 15) is 9.90 Å². The van der Waals surface area contributed by atoms with Crippen molar-refractivity contribution in [2.75, 3.05) is 5.32 Å². The van der Waals surface area contributed by atoms with Crippen molar-refractivity contribution in [1.82, 2.24) is 19.7 Å². The molecule has 0 saturated carbocycles. The second-order valence-electron chi connectivity index (χ2n) is 8.42. The van der Waals surface area contributed by atoms with Gasteiger partial charge in [-0.2, -0.15) is 9.78 Å². The van der Waals surface area contributed by atoms with Gasteiger partial charge in [0, 0.05) is 17.8 Å². The first-order valence-corrected chi connectivity index (χ1v) is 11.0. The summed E-state index contributed by atoms with van der Waals surface area (Å²) in [6.07, 6.45) is 1.75. The third-order valence-corrected chi connectivity index (χ3v) is 5.13. The van der Waals surface area contributed by atoms with E-state index in [1.165, 1.54) is 0 Å². The molecule has 2 aromatic carbocycles. The van der Waals surface area contributed by atoms with E-state index in [0.717, 1.165) is 22.6 Å². The van der Waals surface area contributed by atoms with Gasteiger partial charge in [-0.05, 0) is 58.9 Å². The first-order chi connectivity index (χ1) is 16.2. The lowest BCUT2D eigenvalue weighted by molar-refractivity contribution is 0.0698. The SMILES string of the molecule is Cc1ccc(Nc2cc(-c3cccc(OC(C)C)c3)nn2-c2nc(C)cnc2C)c(C(=O)O)c1.